The highest BCUT2D eigenvalue weighted by atomic mass is 16.5. The second kappa shape index (κ2) is 7.12. The Morgan fingerprint density at radius 1 is 1.20 bits per heavy atom. The van der Waals surface area contributed by atoms with Gasteiger partial charge in [-0.3, -0.25) is 9.69 Å². The number of rotatable bonds is 5. The zero-order valence-corrected chi connectivity index (χ0v) is 11.4. The van der Waals surface area contributed by atoms with Gasteiger partial charge in [0, 0.05) is 32.7 Å². The molecule has 20 heavy (non-hydrogen) atoms. The summed E-state index contributed by atoms with van der Waals surface area (Å²) in [6.07, 6.45) is 0. The van der Waals surface area contributed by atoms with E-state index in [9.17, 15) is 9.90 Å². The van der Waals surface area contributed by atoms with Crippen LogP contribution in [0.2, 0.25) is 0 Å². The molecule has 6 heteroatoms. The van der Waals surface area contributed by atoms with Crippen LogP contribution in [0, 0.1) is 0 Å². The van der Waals surface area contributed by atoms with Crippen molar-refractivity contribution in [3.05, 3.63) is 24.3 Å². The van der Waals surface area contributed by atoms with E-state index in [2.05, 4.69) is 4.90 Å². The van der Waals surface area contributed by atoms with Crippen molar-refractivity contribution >= 4 is 5.91 Å². The number of phenols is 1. The number of hydrogen-bond acceptors (Lipinski definition) is 5. The van der Waals surface area contributed by atoms with Gasteiger partial charge in [-0.15, -0.1) is 0 Å². The van der Waals surface area contributed by atoms with Gasteiger partial charge in [0.25, 0.3) is 5.91 Å². The third-order valence-electron chi connectivity index (χ3n) is 3.36. The molecule has 1 fully saturated rings. The molecular weight excluding hydrogens is 260 g/mol. The van der Waals surface area contributed by atoms with Crippen LogP contribution in [0.25, 0.3) is 0 Å². The molecule has 0 aromatic heterocycles. The van der Waals surface area contributed by atoms with Crippen molar-refractivity contribution < 1.29 is 19.7 Å². The molecule has 1 heterocycles. The Morgan fingerprint density at radius 3 is 2.55 bits per heavy atom. The summed E-state index contributed by atoms with van der Waals surface area (Å²) in [6, 6.07) is 6.59. The number of nitrogens with zero attached hydrogens (tertiary/aromatic N) is 2. The Kier molecular flexibility index (Phi) is 5.20. The van der Waals surface area contributed by atoms with Crippen LogP contribution >= 0.6 is 0 Å². The SMILES string of the molecule is O=C(COc1ccccc1O)N1CCN(CCO)CC1. The molecule has 2 rings (SSSR count). The molecule has 0 spiro atoms. The number of benzene rings is 1. The summed E-state index contributed by atoms with van der Waals surface area (Å²) in [5.41, 5.74) is 0. The van der Waals surface area contributed by atoms with Crippen LogP contribution in [0.4, 0.5) is 0 Å². The van der Waals surface area contributed by atoms with Gasteiger partial charge in [0.05, 0.1) is 6.61 Å². The van der Waals surface area contributed by atoms with Crippen LogP contribution in [0.5, 0.6) is 11.5 Å². The van der Waals surface area contributed by atoms with E-state index >= 15 is 0 Å². The Morgan fingerprint density at radius 2 is 1.90 bits per heavy atom. The molecular formula is C14H20N2O4. The number of piperazine rings is 1. The molecule has 2 N–H and O–H groups in total. The Hall–Kier alpha value is -1.79. The molecule has 0 saturated carbocycles. The van der Waals surface area contributed by atoms with E-state index in [0.717, 1.165) is 13.1 Å². The number of carbonyl (C=O) groups is 1. The number of aliphatic hydroxyl groups is 1. The maximum Gasteiger partial charge on any atom is 0.260 e. The summed E-state index contributed by atoms with van der Waals surface area (Å²) in [7, 11) is 0. The second-order valence-electron chi connectivity index (χ2n) is 4.70. The average molecular weight is 280 g/mol. The molecule has 1 aliphatic heterocycles. The smallest absolute Gasteiger partial charge is 0.260 e. The fraction of sp³-hybridized carbons (Fsp3) is 0.500. The van der Waals surface area contributed by atoms with Crippen LogP contribution < -0.4 is 4.74 Å². The maximum absolute atomic E-state index is 12.0. The number of carbonyl (C=O) groups excluding carboxylic acids is 1. The van der Waals surface area contributed by atoms with Gasteiger partial charge in [-0.05, 0) is 12.1 Å². The molecule has 0 radical (unpaired) electrons. The quantitative estimate of drug-likeness (QED) is 0.788. The predicted molar refractivity (Wildman–Crippen MR) is 73.7 cm³/mol. The van der Waals surface area contributed by atoms with E-state index in [1.165, 1.54) is 6.07 Å². The van der Waals surface area contributed by atoms with E-state index in [1.807, 2.05) is 0 Å². The summed E-state index contributed by atoms with van der Waals surface area (Å²) in [5, 5.41) is 18.4. The van der Waals surface area contributed by atoms with Gasteiger partial charge < -0.3 is 19.8 Å². The van der Waals surface area contributed by atoms with Crippen molar-refractivity contribution in [3.8, 4) is 11.5 Å². The highest BCUT2D eigenvalue weighted by Crippen LogP contribution is 2.24. The lowest BCUT2D eigenvalue weighted by molar-refractivity contribution is -0.135. The van der Waals surface area contributed by atoms with E-state index < -0.39 is 0 Å². The molecule has 6 nitrogen and oxygen atoms in total. The fourth-order valence-corrected chi connectivity index (χ4v) is 2.17. The molecule has 1 aliphatic rings. The fourth-order valence-electron chi connectivity index (χ4n) is 2.17. The van der Waals surface area contributed by atoms with Crippen LogP contribution in [-0.2, 0) is 4.79 Å². The molecule has 1 saturated heterocycles. The van der Waals surface area contributed by atoms with Crippen LogP contribution in [-0.4, -0.2) is 71.9 Å². The number of aliphatic hydroxyl groups excluding tert-OH is 1. The minimum absolute atomic E-state index is 0.0352. The average Bonchev–Trinajstić information content (AvgIpc) is 2.47. The largest absolute Gasteiger partial charge is 0.504 e. The number of phenolic OH excluding ortho intramolecular Hbond substituents is 1. The maximum atomic E-state index is 12.0. The van der Waals surface area contributed by atoms with Crippen molar-refractivity contribution in [2.45, 2.75) is 0 Å². The number of aromatic hydroxyl groups is 1. The van der Waals surface area contributed by atoms with Gasteiger partial charge in [0.1, 0.15) is 0 Å². The van der Waals surface area contributed by atoms with E-state index in [4.69, 9.17) is 9.84 Å². The second-order valence-corrected chi connectivity index (χ2v) is 4.70. The van der Waals surface area contributed by atoms with Gasteiger partial charge in [-0.25, -0.2) is 0 Å². The number of para-hydroxylation sites is 2. The van der Waals surface area contributed by atoms with Crippen molar-refractivity contribution in [2.75, 3.05) is 45.9 Å². The Bertz CT molecular complexity index is 445. The van der Waals surface area contributed by atoms with Crippen molar-refractivity contribution in [3.63, 3.8) is 0 Å². The summed E-state index contributed by atoms with van der Waals surface area (Å²) in [4.78, 5) is 15.9. The normalized spacial score (nSPS) is 16.1. The van der Waals surface area contributed by atoms with E-state index in [-0.39, 0.29) is 24.9 Å². The van der Waals surface area contributed by atoms with Crippen molar-refractivity contribution in [2.24, 2.45) is 0 Å². The zero-order chi connectivity index (χ0) is 14.4. The van der Waals surface area contributed by atoms with Gasteiger partial charge in [0.2, 0.25) is 0 Å². The minimum atomic E-state index is -0.0862. The van der Waals surface area contributed by atoms with Crippen molar-refractivity contribution in [1.29, 1.82) is 0 Å². The minimum Gasteiger partial charge on any atom is -0.504 e. The standard InChI is InChI=1S/C14H20N2O4/c17-10-9-15-5-7-16(8-6-15)14(19)11-20-13-4-2-1-3-12(13)18/h1-4,17-18H,5-11H2. The molecule has 0 bridgehead atoms. The summed E-state index contributed by atoms with van der Waals surface area (Å²) >= 11 is 0. The Balaban J connectivity index is 1.77. The van der Waals surface area contributed by atoms with Crippen LogP contribution in [0.15, 0.2) is 24.3 Å². The summed E-state index contributed by atoms with van der Waals surface area (Å²) in [6.45, 7) is 3.54. The molecule has 1 aromatic carbocycles. The lowest BCUT2D eigenvalue weighted by Gasteiger charge is -2.34. The van der Waals surface area contributed by atoms with Gasteiger partial charge in [-0.1, -0.05) is 12.1 Å². The van der Waals surface area contributed by atoms with Gasteiger partial charge >= 0.3 is 0 Å². The zero-order valence-electron chi connectivity index (χ0n) is 11.4. The number of amides is 1. The first-order valence-corrected chi connectivity index (χ1v) is 6.72. The third kappa shape index (κ3) is 3.85. The van der Waals surface area contributed by atoms with Gasteiger partial charge in [-0.2, -0.15) is 0 Å². The Labute approximate surface area is 118 Å². The number of β-amino-alcohol motifs (C(OH)–C–C–N with tert-alkyl or cyclic N) is 1. The predicted octanol–water partition coefficient (Wildman–Crippen LogP) is -0.0925. The van der Waals surface area contributed by atoms with E-state index in [1.54, 1.807) is 23.1 Å². The molecule has 110 valence electrons. The van der Waals surface area contributed by atoms with E-state index in [0.29, 0.717) is 25.4 Å². The third-order valence-corrected chi connectivity index (χ3v) is 3.36. The number of ether oxygens (including phenoxy) is 1. The first-order valence-electron chi connectivity index (χ1n) is 6.72. The molecule has 0 aliphatic carbocycles. The summed E-state index contributed by atoms with van der Waals surface area (Å²) in [5.74, 6) is 0.268. The molecule has 1 amide bonds. The van der Waals surface area contributed by atoms with Gasteiger partial charge in [0.15, 0.2) is 18.1 Å². The highest BCUT2D eigenvalue weighted by molar-refractivity contribution is 5.78. The lowest BCUT2D eigenvalue weighted by atomic mass is 10.3. The first-order chi connectivity index (χ1) is 9.70. The lowest BCUT2D eigenvalue weighted by Crippen LogP contribution is -2.50. The molecule has 0 atom stereocenters. The monoisotopic (exact) mass is 280 g/mol. The first kappa shape index (κ1) is 14.6. The molecule has 1 aromatic rings. The van der Waals surface area contributed by atoms with Crippen LogP contribution in [0.1, 0.15) is 0 Å². The van der Waals surface area contributed by atoms with Crippen molar-refractivity contribution in [1.82, 2.24) is 9.80 Å². The summed E-state index contributed by atoms with van der Waals surface area (Å²) < 4.78 is 5.33. The topological polar surface area (TPSA) is 73.2 Å². The van der Waals surface area contributed by atoms with Crippen LogP contribution in [0.3, 0.4) is 0 Å². The molecule has 0 unspecified atom stereocenters. The number of hydrogen-bond donors (Lipinski definition) is 2. The highest BCUT2D eigenvalue weighted by Gasteiger charge is 2.21.